The Morgan fingerprint density at radius 1 is 0.800 bits per heavy atom. The first-order valence-corrected chi connectivity index (χ1v) is 7.91. The van der Waals surface area contributed by atoms with Crippen molar-refractivity contribution >= 4 is 11.9 Å². The smallest absolute Gasteiger partial charge is 0.340 e. The summed E-state index contributed by atoms with van der Waals surface area (Å²) in [6.07, 6.45) is 0. The van der Waals surface area contributed by atoms with Crippen molar-refractivity contribution in [1.82, 2.24) is 0 Å². The summed E-state index contributed by atoms with van der Waals surface area (Å²) in [7, 11) is 0. The van der Waals surface area contributed by atoms with E-state index in [9.17, 15) is 9.59 Å². The first kappa shape index (κ1) is 15.1. The van der Waals surface area contributed by atoms with Gasteiger partial charge >= 0.3 is 5.97 Å². The van der Waals surface area contributed by atoms with Crippen LogP contribution in [0, 0.1) is 0 Å². The average Bonchev–Trinajstić information content (AvgIpc) is 2.97. The van der Waals surface area contributed by atoms with Gasteiger partial charge in [0.15, 0.2) is 5.60 Å². The van der Waals surface area contributed by atoms with Gasteiger partial charge < -0.3 is 10.5 Å². The highest BCUT2D eigenvalue weighted by atomic mass is 16.6. The van der Waals surface area contributed by atoms with Crippen molar-refractivity contribution in [2.45, 2.75) is 5.60 Å². The molecule has 0 saturated heterocycles. The summed E-state index contributed by atoms with van der Waals surface area (Å²) in [4.78, 5) is 23.9. The van der Waals surface area contributed by atoms with Crippen molar-refractivity contribution in [3.05, 3.63) is 107 Å². The summed E-state index contributed by atoms with van der Waals surface area (Å²) in [5.74, 6) is -0.859. The molecule has 4 heteroatoms. The van der Waals surface area contributed by atoms with Crippen LogP contribution in [0.3, 0.4) is 0 Å². The molecule has 1 aliphatic heterocycles. The van der Waals surface area contributed by atoms with Gasteiger partial charge in [0.05, 0.1) is 5.56 Å². The Bertz CT molecular complexity index is 964. The highest BCUT2D eigenvalue weighted by Crippen LogP contribution is 2.46. The van der Waals surface area contributed by atoms with E-state index in [2.05, 4.69) is 0 Å². The van der Waals surface area contributed by atoms with E-state index in [0.717, 1.165) is 16.7 Å². The summed E-state index contributed by atoms with van der Waals surface area (Å²) in [5, 5.41) is 0. The predicted octanol–water partition coefficient (Wildman–Crippen LogP) is 3.25. The second kappa shape index (κ2) is 5.60. The molecule has 122 valence electrons. The predicted molar refractivity (Wildman–Crippen MR) is 93.1 cm³/mol. The third kappa shape index (κ3) is 2.22. The summed E-state index contributed by atoms with van der Waals surface area (Å²) in [6.45, 7) is 0. The quantitative estimate of drug-likeness (QED) is 0.750. The maximum Gasteiger partial charge on any atom is 0.340 e. The number of hydrogen-bond donors (Lipinski definition) is 1. The number of carbonyl (C=O) groups is 2. The fraction of sp³-hybridized carbons (Fsp3) is 0.0476. The van der Waals surface area contributed by atoms with E-state index in [1.807, 2.05) is 48.5 Å². The molecule has 4 nitrogen and oxygen atoms in total. The molecule has 0 saturated carbocycles. The third-order valence-corrected chi connectivity index (χ3v) is 4.53. The standard InChI is InChI=1S/C21H15NO3/c22-19(23)14-10-12-16(13-11-14)21(15-6-2-1-3-7-15)18-9-5-4-8-17(18)20(24)25-21/h1-13H,(H2,22,23). The summed E-state index contributed by atoms with van der Waals surface area (Å²) < 4.78 is 5.94. The van der Waals surface area contributed by atoms with Gasteiger partial charge in [-0.25, -0.2) is 4.79 Å². The largest absolute Gasteiger partial charge is 0.441 e. The number of fused-ring (bicyclic) bond motifs is 1. The molecular weight excluding hydrogens is 314 g/mol. The average molecular weight is 329 g/mol. The molecule has 0 aromatic heterocycles. The second-order valence-electron chi connectivity index (χ2n) is 5.92. The Morgan fingerprint density at radius 2 is 1.40 bits per heavy atom. The molecule has 0 aliphatic carbocycles. The summed E-state index contributed by atoms with van der Waals surface area (Å²) in [6, 6.07) is 23.8. The molecule has 3 aromatic carbocycles. The van der Waals surface area contributed by atoms with Gasteiger partial charge in [-0.1, -0.05) is 60.7 Å². The van der Waals surface area contributed by atoms with Crippen molar-refractivity contribution in [2.24, 2.45) is 5.73 Å². The zero-order chi connectivity index (χ0) is 17.4. The number of hydrogen-bond acceptors (Lipinski definition) is 3. The molecule has 4 rings (SSSR count). The summed E-state index contributed by atoms with van der Waals surface area (Å²) >= 11 is 0. The normalized spacial score (nSPS) is 18.5. The Hall–Kier alpha value is -3.40. The van der Waals surface area contributed by atoms with E-state index >= 15 is 0 Å². The zero-order valence-corrected chi connectivity index (χ0v) is 13.3. The molecule has 0 spiro atoms. The van der Waals surface area contributed by atoms with Gasteiger partial charge in [-0.3, -0.25) is 4.79 Å². The highest BCUT2D eigenvalue weighted by molar-refractivity contribution is 5.96. The van der Waals surface area contributed by atoms with E-state index in [1.165, 1.54) is 0 Å². The maximum atomic E-state index is 12.5. The van der Waals surface area contributed by atoms with E-state index in [0.29, 0.717) is 11.1 Å². The van der Waals surface area contributed by atoms with Crippen molar-refractivity contribution in [3.8, 4) is 0 Å². The van der Waals surface area contributed by atoms with Crippen LogP contribution in [0.1, 0.15) is 37.4 Å². The topological polar surface area (TPSA) is 69.4 Å². The number of rotatable bonds is 3. The Labute approximate surface area is 144 Å². The minimum atomic E-state index is -1.04. The van der Waals surface area contributed by atoms with Crippen LogP contribution in [-0.4, -0.2) is 11.9 Å². The van der Waals surface area contributed by atoms with Gasteiger partial charge in [0.2, 0.25) is 5.91 Å². The first-order chi connectivity index (χ1) is 12.1. The highest BCUT2D eigenvalue weighted by Gasteiger charge is 2.48. The number of benzene rings is 3. The van der Waals surface area contributed by atoms with Gasteiger partial charge in [0.1, 0.15) is 0 Å². The van der Waals surface area contributed by atoms with Gasteiger partial charge in [0.25, 0.3) is 0 Å². The lowest BCUT2D eigenvalue weighted by atomic mass is 9.80. The van der Waals surface area contributed by atoms with Gasteiger partial charge in [-0.2, -0.15) is 0 Å². The Balaban J connectivity index is 1.99. The number of amides is 1. The van der Waals surface area contributed by atoms with Gasteiger partial charge in [0, 0.05) is 22.3 Å². The number of carbonyl (C=O) groups excluding carboxylic acids is 2. The fourth-order valence-electron chi connectivity index (χ4n) is 3.35. The van der Waals surface area contributed by atoms with Crippen LogP contribution in [0.2, 0.25) is 0 Å². The molecule has 0 radical (unpaired) electrons. The van der Waals surface area contributed by atoms with Gasteiger partial charge in [-0.05, 0) is 18.2 Å². The molecule has 25 heavy (non-hydrogen) atoms. The van der Waals surface area contributed by atoms with Crippen molar-refractivity contribution in [1.29, 1.82) is 0 Å². The lowest BCUT2D eigenvalue weighted by Crippen LogP contribution is -2.29. The Morgan fingerprint density at radius 3 is 2.08 bits per heavy atom. The van der Waals surface area contributed by atoms with E-state index in [-0.39, 0.29) is 5.97 Å². The van der Waals surface area contributed by atoms with Crippen LogP contribution in [0.15, 0.2) is 78.9 Å². The molecule has 1 heterocycles. The lowest BCUT2D eigenvalue weighted by Gasteiger charge is -2.30. The van der Waals surface area contributed by atoms with E-state index < -0.39 is 11.5 Å². The monoisotopic (exact) mass is 329 g/mol. The van der Waals surface area contributed by atoms with Crippen molar-refractivity contribution in [3.63, 3.8) is 0 Å². The van der Waals surface area contributed by atoms with E-state index in [4.69, 9.17) is 10.5 Å². The van der Waals surface area contributed by atoms with E-state index in [1.54, 1.807) is 30.3 Å². The van der Waals surface area contributed by atoms with Crippen LogP contribution >= 0.6 is 0 Å². The minimum Gasteiger partial charge on any atom is -0.441 e. The SMILES string of the molecule is NC(=O)c1ccc(C2(c3ccccc3)OC(=O)c3ccccc32)cc1. The molecular formula is C21H15NO3. The number of ether oxygens (including phenoxy) is 1. The molecule has 0 fully saturated rings. The number of esters is 1. The van der Waals surface area contributed by atoms with Crippen LogP contribution < -0.4 is 5.73 Å². The second-order valence-corrected chi connectivity index (χ2v) is 5.92. The molecule has 3 aromatic rings. The van der Waals surface area contributed by atoms with Crippen molar-refractivity contribution in [2.75, 3.05) is 0 Å². The molecule has 1 atom stereocenters. The number of primary amides is 1. The molecule has 2 N–H and O–H groups in total. The third-order valence-electron chi connectivity index (χ3n) is 4.53. The van der Waals surface area contributed by atoms with Crippen LogP contribution in [0.4, 0.5) is 0 Å². The molecule has 1 aliphatic rings. The molecule has 1 unspecified atom stereocenters. The molecule has 1 amide bonds. The number of cyclic esters (lactones) is 1. The van der Waals surface area contributed by atoms with Crippen LogP contribution in [-0.2, 0) is 10.3 Å². The number of nitrogens with two attached hydrogens (primary N) is 1. The Kier molecular flexibility index (Phi) is 3.39. The summed E-state index contributed by atoms with van der Waals surface area (Å²) in [5.41, 5.74) is 7.66. The van der Waals surface area contributed by atoms with Gasteiger partial charge in [-0.15, -0.1) is 0 Å². The maximum absolute atomic E-state index is 12.5. The first-order valence-electron chi connectivity index (χ1n) is 7.91. The van der Waals surface area contributed by atoms with Crippen molar-refractivity contribution < 1.29 is 14.3 Å². The minimum absolute atomic E-state index is 0.363. The fourth-order valence-corrected chi connectivity index (χ4v) is 3.35. The lowest BCUT2D eigenvalue weighted by molar-refractivity contribution is 0.0251. The molecule has 0 bridgehead atoms. The van der Waals surface area contributed by atoms with Crippen LogP contribution in [0.5, 0.6) is 0 Å². The van der Waals surface area contributed by atoms with Crippen LogP contribution in [0.25, 0.3) is 0 Å². The zero-order valence-electron chi connectivity index (χ0n) is 13.3.